The number of carboxylic acids is 1. The number of nitro groups is 1. The number of aliphatic carboxylic acids is 1. The van der Waals surface area contributed by atoms with Crippen LogP contribution in [0.1, 0.15) is 52.0 Å². The number of nitrogens with two attached hydrogens (primary N) is 1. The predicted octanol–water partition coefficient (Wildman–Crippen LogP) is 2.82. The number of ether oxygens (including phenoxy) is 1. The van der Waals surface area contributed by atoms with Gasteiger partial charge < -0.3 is 20.7 Å². The molecule has 0 radical (unpaired) electrons. The molecule has 0 heterocycles. The van der Waals surface area contributed by atoms with E-state index < -0.39 is 50.8 Å². The summed E-state index contributed by atoms with van der Waals surface area (Å²) in [6.07, 6.45) is 3.68. The molecule has 10 heteroatoms. The van der Waals surface area contributed by atoms with Crippen molar-refractivity contribution >= 4 is 17.5 Å². The molecule has 0 aliphatic heterocycles. The maximum Gasteiger partial charge on any atom is 0.333 e. The summed E-state index contributed by atoms with van der Waals surface area (Å²) >= 11 is 0. The van der Waals surface area contributed by atoms with E-state index in [0.29, 0.717) is 12.8 Å². The van der Waals surface area contributed by atoms with Gasteiger partial charge in [0.25, 0.3) is 5.54 Å². The van der Waals surface area contributed by atoms with Crippen LogP contribution in [-0.2, 0) is 10.3 Å². The normalized spacial score (nSPS) is 20.7. The lowest BCUT2D eigenvalue weighted by Gasteiger charge is -2.36. The number of carbonyl (C=O) groups excluding carboxylic acids is 2. The molecule has 4 N–H and O–H groups in total. The van der Waals surface area contributed by atoms with Crippen LogP contribution in [0.25, 0.3) is 0 Å². The van der Waals surface area contributed by atoms with Crippen LogP contribution in [0.3, 0.4) is 0 Å². The SMILES string of the molecule is NC1C(C(=O)O)=CC(c2ccccc2OCCCCCCO)([N+](=O)[O-])C2=C1C(=O)c1ccccc1C2=O. The van der Waals surface area contributed by atoms with Gasteiger partial charge in [-0.2, -0.15) is 0 Å². The zero-order valence-electron chi connectivity index (χ0n) is 19.9. The lowest BCUT2D eigenvalue weighted by atomic mass is 9.65. The van der Waals surface area contributed by atoms with Crippen molar-refractivity contribution in [2.45, 2.75) is 37.3 Å². The molecule has 2 aliphatic rings. The van der Waals surface area contributed by atoms with Gasteiger partial charge in [0.15, 0.2) is 11.6 Å². The first-order chi connectivity index (χ1) is 17.8. The monoisotopic (exact) mass is 506 g/mol. The quantitative estimate of drug-likeness (QED) is 0.249. The van der Waals surface area contributed by atoms with Crippen molar-refractivity contribution in [1.82, 2.24) is 0 Å². The number of aliphatic hydroxyl groups excluding tert-OH is 1. The number of Topliss-reactive ketones (excluding diaryl/α,β-unsaturated/α-hetero) is 2. The Labute approximate surface area is 212 Å². The number of carboxylic acid groups (broad SMARTS) is 1. The van der Waals surface area contributed by atoms with Crippen LogP contribution < -0.4 is 10.5 Å². The molecule has 10 nitrogen and oxygen atoms in total. The van der Waals surface area contributed by atoms with E-state index in [1.165, 1.54) is 30.3 Å². The highest BCUT2D eigenvalue weighted by Gasteiger charge is 2.59. The Morgan fingerprint density at radius 1 is 1.00 bits per heavy atom. The van der Waals surface area contributed by atoms with Gasteiger partial charge in [0, 0.05) is 34.3 Å². The van der Waals surface area contributed by atoms with Gasteiger partial charge in [-0.3, -0.25) is 19.7 Å². The number of unbranched alkanes of at least 4 members (excludes halogenated alkanes) is 3. The van der Waals surface area contributed by atoms with E-state index in [1.54, 1.807) is 18.2 Å². The fourth-order valence-electron chi connectivity index (χ4n) is 4.92. The van der Waals surface area contributed by atoms with E-state index in [4.69, 9.17) is 15.6 Å². The van der Waals surface area contributed by atoms with Crippen molar-refractivity contribution in [3.05, 3.63) is 98.1 Å². The Balaban J connectivity index is 1.91. The molecular formula is C27H26N2O8. The minimum absolute atomic E-state index is 0.0120. The molecule has 0 amide bonds. The Morgan fingerprint density at radius 3 is 2.27 bits per heavy atom. The number of carbonyl (C=O) groups is 3. The second kappa shape index (κ2) is 10.5. The van der Waals surface area contributed by atoms with E-state index in [1.807, 2.05) is 0 Å². The lowest BCUT2D eigenvalue weighted by molar-refractivity contribution is -0.551. The van der Waals surface area contributed by atoms with Gasteiger partial charge in [-0.25, -0.2) is 4.79 Å². The average Bonchev–Trinajstić information content (AvgIpc) is 2.89. The van der Waals surface area contributed by atoms with Crippen molar-refractivity contribution in [2.75, 3.05) is 13.2 Å². The van der Waals surface area contributed by atoms with Gasteiger partial charge in [-0.05, 0) is 31.4 Å². The molecule has 0 spiro atoms. The number of aliphatic hydroxyl groups is 1. The summed E-state index contributed by atoms with van der Waals surface area (Å²) in [7, 11) is 0. The smallest absolute Gasteiger partial charge is 0.333 e. The third-order valence-electron chi connectivity index (χ3n) is 6.69. The summed E-state index contributed by atoms with van der Waals surface area (Å²) in [6.45, 7) is 0.287. The fraction of sp³-hybridized carbons (Fsp3) is 0.296. The molecule has 2 aromatic rings. The van der Waals surface area contributed by atoms with E-state index in [2.05, 4.69) is 0 Å². The minimum Gasteiger partial charge on any atom is -0.493 e. The Hall–Kier alpha value is -4.15. The Bertz CT molecular complexity index is 1350. The van der Waals surface area contributed by atoms with Crippen LogP contribution >= 0.6 is 0 Å². The van der Waals surface area contributed by atoms with Crippen LogP contribution in [0.4, 0.5) is 0 Å². The molecular weight excluding hydrogens is 480 g/mol. The summed E-state index contributed by atoms with van der Waals surface area (Å²) in [4.78, 5) is 51.6. The van der Waals surface area contributed by atoms with Crippen molar-refractivity contribution in [2.24, 2.45) is 5.73 Å². The second-order valence-corrected chi connectivity index (χ2v) is 8.88. The van der Waals surface area contributed by atoms with Crippen LogP contribution in [0.5, 0.6) is 5.75 Å². The average molecular weight is 507 g/mol. The van der Waals surface area contributed by atoms with Crippen molar-refractivity contribution in [3.8, 4) is 5.75 Å². The summed E-state index contributed by atoms with van der Waals surface area (Å²) in [6, 6.07) is 10.4. The van der Waals surface area contributed by atoms with Crippen molar-refractivity contribution in [3.63, 3.8) is 0 Å². The standard InChI is InChI=1S/C27H26N2O8/c28-23-18(26(33)34)15-27(29(35)36,19-11-5-6-12-20(19)37-14-8-2-1-7-13-30)22-21(23)24(31)16-9-3-4-10-17(16)25(22)32/h3-6,9-12,15,23,30H,1-2,7-8,13-14,28H2,(H,33,34). The van der Waals surface area contributed by atoms with E-state index in [9.17, 15) is 29.6 Å². The molecule has 0 saturated carbocycles. The van der Waals surface area contributed by atoms with E-state index in [0.717, 1.165) is 18.9 Å². The Morgan fingerprint density at radius 2 is 1.62 bits per heavy atom. The van der Waals surface area contributed by atoms with Crippen molar-refractivity contribution < 1.29 is 34.3 Å². The maximum absolute atomic E-state index is 13.8. The molecule has 2 aliphatic carbocycles. The summed E-state index contributed by atoms with van der Waals surface area (Å²) in [5.41, 5.74) is 2.13. The third-order valence-corrected chi connectivity index (χ3v) is 6.69. The van der Waals surface area contributed by atoms with Crippen LogP contribution in [0, 0.1) is 10.1 Å². The highest BCUT2D eigenvalue weighted by atomic mass is 16.6. The van der Waals surface area contributed by atoms with E-state index in [-0.39, 0.29) is 35.7 Å². The number of rotatable bonds is 10. The van der Waals surface area contributed by atoms with Gasteiger partial charge in [0.05, 0.1) is 29.4 Å². The molecule has 0 bridgehead atoms. The number of benzene rings is 2. The van der Waals surface area contributed by atoms with Crippen LogP contribution in [0.15, 0.2) is 71.3 Å². The summed E-state index contributed by atoms with van der Waals surface area (Å²) < 4.78 is 5.89. The zero-order valence-corrected chi connectivity index (χ0v) is 19.9. The summed E-state index contributed by atoms with van der Waals surface area (Å²) in [5, 5.41) is 31.7. The molecule has 0 saturated heterocycles. The summed E-state index contributed by atoms with van der Waals surface area (Å²) in [5.74, 6) is -2.94. The van der Waals surface area contributed by atoms with Gasteiger partial charge in [0.1, 0.15) is 5.75 Å². The Kier molecular flexibility index (Phi) is 7.33. The highest BCUT2D eigenvalue weighted by molar-refractivity contribution is 6.29. The third kappa shape index (κ3) is 4.34. The minimum atomic E-state index is -2.52. The number of fused-ring (bicyclic) bond motifs is 1. The van der Waals surface area contributed by atoms with Gasteiger partial charge in [0.2, 0.25) is 0 Å². The van der Waals surface area contributed by atoms with Crippen molar-refractivity contribution in [1.29, 1.82) is 0 Å². The lowest BCUT2D eigenvalue weighted by Crippen LogP contribution is -2.50. The van der Waals surface area contributed by atoms with Gasteiger partial charge in [-0.1, -0.05) is 42.8 Å². The molecule has 4 rings (SSSR count). The number of para-hydroxylation sites is 1. The van der Waals surface area contributed by atoms with Crippen LogP contribution in [-0.4, -0.2) is 51.9 Å². The molecule has 192 valence electrons. The number of nitrogens with zero attached hydrogens (tertiary/aromatic N) is 1. The maximum atomic E-state index is 13.8. The molecule has 0 aromatic heterocycles. The topological polar surface area (TPSA) is 170 Å². The number of hydrogen-bond acceptors (Lipinski definition) is 8. The molecule has 2 atom stereocenters. The molecule has 37 heavy (non-hydrogen) atoms. The van der Waals surface area contributed by atoms with Gasteiger partial charge >= 0.3 is 5.97 Å². The first-order valence-corrected chi connectivity index (χ1v) is 11.9. The first-order valence-electron chi connectivity index (χ1n) is 11.9. The fourth-order valence-corrected chi connectivity index (χ4v) is 4.92. The number of ketones is 2. The van der Waals surface area contributed by atoms with Crippen LogP contribution in [0.2, 0.25) is 0 Å². The highest BCUT2D eigenvalue weighted by Crippen LogP contribution is 2.49. The predicted molar refractivity (Wildman–Crippen MR) is 132 cm³/mol. The van der Waals surface area contributed by atoms with E-state index >= 15 is 0 Å². The second-order valence-electron chi connectivity index (χ2n) is 8.88. The molecule has 0 fully saturated rings. The zero-order chi connectivity index (χ0) is 26.7. The van der Waals surface area contributed by atoms with Gasteiger partial charge in [-0.15, -0.1) is 0 Å². The molecule has 2 unspecified atom stereocenters. The largest absolute Gasteiger partial charge is 0.493 e. The first kappa shape index (κ1) is 25.9. The number of hydrogen-bond donors (Lipinski definition) is 3. The molecule has 2 aromatic carbocycles.